The highest BCUT2D eigenvalue weighted by atomic mass is 19.1. The lowest BCUT2D eigenvalue weighted by Crippen LogP contribution is -2.45. The van der Waals surface area contributed by atoms with Crippen molar-refractivity contribution in [2.45, 2.75) is 63.9 Å². The van der Waals surface area contributed by atoms with Crippen LogP contribution in [0.5, 0.6) is 0 Å². The van der Waals surface area contributed by atoms with Crippen molar-refractivity contribution in [1.82, 2.24) is 24.8 Å². The summed E-state index contributed by atoms with van der Waals surface area (Å²) >= 11 is 0. The smallest absolute Gasteiger partial charge is 0.410 e. The number of carbonyl (C=O) groups excluding carboxylic acids is 1. The van der Waals surface area contributed by atoms with E-state index in [1.54, 1.807) is 23.1 Å². The van der Waals surface area contributed by atoms with Gasteiger partial charge in [-0.15, -0.1) is 5.10 Å². The third-order valence-electron chi connectivity index (χ3n) is 10.9. The summed E-state index contributed by atoms with van der Waals surface area (Å²) in [6.45, 7) is 7.41. The number of halogens is 2. The Morgan fingerprint density at radius 3 is 1.93 bits per heavy atom. The lowest BCUT2D eigenvalue weighted by Gasteiger charge is -2.36. The van der Waals surface area contributed by atoms with E-state index >= 15 is 4.39 Å². The van der Waals surface area contributed by atoms with Crippen LogP contribution in [-0.4, -0.2) is 55.6 Å². The molecule has 7 aromatic rings. The molecule has 0 radical (unpaired) electrons. The monoisotopic (exact) mass is 775 g/mol. The standard InChI is InChI=1S/C49H47F2N5O2/c1-48(2,3)58-47(57)55-29-13-20-43(55)34-54(32-35-21-25-42(50)26-22-35)33-38-30-36(23-27-44(38)51)37-24-28-46-45(31-37)52-53-56(46)49(39-14-7-4-8-15-39,40-16-9-5-10-17-40)41-18-11-6-12-19-41/h4-12,14-19,21-28,30-31,43H,13,20,29,32-34H2,1-3H3. The molecule has 1 fully saturated rings. The first-order valence-corrected chi connectivity index (χ1v) is 19.9. The van der Waals surface area contributed by atoms with Crippen molar-refractivity contribution in [3.8, 4) is 11.1 Å². The van der Waals surface area contributed by atoms with Gasteiger partial charge < -0.3 is 9.64 Å². The summed E-state index contributed by atoms with van der Waals surface area (Å²) in [5.41, 5.74) is 6.37. The lowest BCUT2D eigenvalue weighted by molar-refractivity contribution is 0.0191. The maximum absolute atomic E-state index is 15.8. The quantitative estimate of drug-likeness (QED) is 0.122. The van der Waals surface area contributed by atoms with Crippen LogP contribution in [0.25, 0.3) is 22.2 Å². The number of likely N-dealkylation sites (tertiary alicyclic amines) is 1. The molecule has 0 spiro atoms. The van der Waals surface area contributed by atoms with Crippen molar-refractivity contribution in [3.63, 3.8) is 0 Å². The van der Waals surface area contributed by atoms with Crippen LogP contribution in [0, 0.1) is 11.6 Å². The Labute approximate surface area is 338 Å². The Balaban J connectivity index is 1.14. The molecule has 294 valence electrons. The molecule has 1 aliphatic heterocycles. The molecule has 9 heteroatoms. The summed E-state index contributed by atoms with van der Waals surface area (Å²) in [4.78, 5) is 17.1. The molecule has 0 aliphatic carbocycles. The van der Waals surface area contributed by atoms with E-state index in [2.05, 4.69) is 41.3 Å². The van der Waals surface area contributed by atoms with Gasteiger partial charge in [-0.05, 0) is 103 Å². The molecule has 7 nitrogen and oxygen atoms in total. The van der Waals surface area contributed by atoms with Crippen molar-refractivity contribution in [1.29, 1.82) is 0 Å². The molecule has 1 amide bonds. The summed E-state index contributed by atoms with van der Waals surface area (Å²) in [6, 6.07) is 48.6. The zero-order valence-electron chi connectivity index (χ0n) is 33.1. The molecular weight excluding hydrogens is 729 g/mol. The van der Waals surface area contributed by atoms with Gasteiger partial charge in [-0.1, -0.05) is 120 Å². The summed E-state index contributed by atoms with van der Waals surface area (Å²) in [5, 5.41) is 9.63. The van der Waals surface area contributed by atoms with Crippen molar-refractivity contribution in [2.24, 2.45) is 0 Å². The van der Waals surface area contributed by atoms with E-state index in [1.807, 2.05) is 104 Å². The van der Waals surface area contributed by atoms with Gasteiger partial charge in [-0.2, -0.15) is 0 Å². The number of aromatic nitrogens is 3. The summed E-state index contributed by atoms with van der Waals surface area (Å²) in [6.07, 6.45) is 1.32. The average Bonchev–Trinajstić information content (AvgIpc) is 3.88. The Kier molecular flexibility index (Phi) is 10.9. The Bertz CT molecular complexity index is 2390. The summed E-state index contributed by atoms with van der Waals surface area (Å²) < 4.78 is 37.5. The number of carbonyl (C=O) groups is 1. The van der Waals surface area contributed by atoms with Crippen LogP contribution >= 0.6 is 0 Å². The minimum atomic E-state index is -0.824. The van der Waals surface area contributed by atoms with Crippen LogP contribution in [0.1, 0.15) is 61.4 Å². The fraction of sp³-hybridized carbons (Fsp3) is 0.245. The van der Waals surface area contributed by atoms with Crippen molar-refractivity contribution in [3.05, 3.63) is 191 Å². The van der Waals surface area contributed by atoms with Gasteiger partial charge in [0.05, 0.1) is 5.52 Å². The first-order valence-electron chi connectivity index (χ1n) is 19.9. The van der Waals surface area contributed by atoms with Crippen LogP contribution in [-0.2, 0) is 23.4 Å². The van der Waals surface area contributed by atoms with Gasteiger partial charge in [0.2, 0.25) is 0 Å². The fourth-order valence-electron chi connectivity index (χ4n) is 8.29. The highest BCUT2D eigenvalue weighted by Crippen LogP contribution is 2.42. The molecule has 0 bridgehead atoms. The first-order chi connectivity index (χ1) is 28.1. The summed E-state index contributed by atoms with van der Waals surface area (Å²) in [7, 11) is 0. The number of amides is 1. The zero-order valence-corrected chi connectivity index (χ0v) is 33.1. The molecule has 8 rings (SSSR count). The van der Waals surface area contributed by atoms with Crippen molar-refractivity contribution >= 4 is 17.1 Å². The number of benzene rings is 6. The third-order valence-corrected chi connectivity index (χ3v) is 10.9. The molecule has 58 heavy (non-hydrogen) atoms. The number of nitrogens with zero attached hydrogens (tertiary/aromatic N) is 5. The molecule has 2 heterocycles. The molecule has 1 unspecified atom stereocenters. The predicted octanol–water partition coefficient (Wildman–Crippen LogP) is 10.6. The Hall–Kier alpha value is -6.19. The Morgan fingerprint density at radius 1 is 0.741 bits per heavy atom. The largest absolute Gasteiger partial charge is 0.444 e. The van der Waals surface area contributed by atoms with E-state index in [0.717, 1.165) is 51.7 Å². The second-order valence-electron chi connectivity index (χ2n) is 16.1. The topological polar surface area (TPSA) is 63.5 Å². The SMILES string of the molecule is CC(C)(C)OC(=O)N1CCCC1CN(Cc1ccc(F)cc1)Cc1cc(-c2ccc3c(c2)nnn3C(c2ccccc2)(c2ccccc2)c2ccccc2)ccc1F. The molecule has 1 aliphatic rings. The van der Waals surface area contributed by atoms with Gasteiger partial charge in [0.25, 0.3) is 0 Å². The second-order valence-corrected chi connectivity index (χ2v) is 16.1. The number of ether oxygens (including phenoxy) is 1. The molecule has 1 atom stereocenters. The third kappa shape index (κ3) is 8.00. The van der Waals surface area contributed by atoms with Crippen LogP contribution in [0.4, 0.5) is 13.6 Å². The van der Waals surface area contributed by atoms with E-state index in [9.17, 15) is 9.18 Å². The van der Waals surface area contributed by atoms with E-state index < -0.39 is 11.1 Å². The fourth-order valence-corrected chi connectivity index (χ4v) is 8.29. The first kappa shape index (κ1) is 38.7. The van der Waals surface area contributed by atoms with E-state index in [4.69, 9.17) is 15.0 Å². The van der Waals surface area contributed by atoms with Gasteiger partial charge in [0, 0.05) is 37.8 Å². The molecule has 6 aromatic carbocycles. The van der Waals surface area contributed by atoms with Crippen LogP contribution in [0.3, 0.4) is 0 Å². The zero-order chi connectivity index (χ0) is 40.3. The highest BCUT2D eigenvalue weighted by Gasteiger charge is 2.41. The van der Waals surface area contributed by atoms with E-state index in [1.165, 1.54) is 18.2 Å². The minimum absolute atomic E-state index is 0.110. The van der Waals surface area contributed by atoms with Gasteiger partial charge >= 0.3 is 6.09 Å². The van der Waals surface area contributed by atoms with Gasteiger partial charge in [-0.25, -0.2) is 18.3 Å². The van der Waals surface area contributed by atoms with E-state index in [0.29, 0.717) is 30.7 Å². The Morgan fingerprint density at radius 2 is 1.33 bits per heavy atom. The average molecular weight is 776 g/mol. The van der Waals surface area contributed by atoms with Crippen LogP contribution < -0.4 is 0 Å². The molecule has 0 N–H and O–H groups in total. The molecule has 0 saturated carbocycles. The maximum atomic E-state index is 15.8. The maximum Gasteiger partial charge on any atom is 0.410 e. The normalized spacial score (nSPS) is 14.7. The molecule has 1 aromatic heterocycles. The van der Waals surface area contributed by atoms with Gasteiger partial charge in [0.1, 0.15) is 28.3 Å². The summed E-state index contributed by atoms with van der Waals surface area (Å²) in [5.74, 6) is -0.641. The van der Waals surface area contributed by atoms with Crippen molar-refractivity contribution in [2.75, 3.05) is 13.1 Å². The second kappa shape index (κ2) is 16.3. The van der Waals surface area contributed by atoms with E-state index in [-0.39, 0.29) is 30.3 Å². The number of rotatable bonds is 11. The van der Waals surface area contributed by atoms with Gasteiger partial charge in [0.15, 0.2) is 0 Å². The van der Waals surface area contributed by atoms with Crippen LogP contribution in [0.15, 0.2) is 152 Å². The minimum Gasteiger partial charge on any atom is -0.444 e. The molecular formula is C49H47F2N5O2. The molecule has 1 saturated heterocycles. The predicted molar refractivity (Wildman–Crippen MR) is 224 cm³/mol. The lowest BCUT2D eigenvalue weighted by atomic mass is 9.77. The number of hydrogen-bond donors (Lipinski definition) is 0. The van der Waals surface area contributed by atoms with Crippen LogP contribution in [0.2, 0.25) is 0 Å². The van der Waals surface area contributed by atoms with Gasteiger partial charge in [-0.3, -0.25) is 4.90 Å². The number of hydrogen-bond acceptors (Lipinski definition) is 5. The number of fused-ring (bicyclic) bond motifs is 1. The highest BCUT2D eigenvalue weighted by molar-refractivity contribution is 5.82. The van der Waals surface area contributed by atoms with Crippen molar-refractivity contribution < 1.29 is 18.3 Å².